The third kappa shape index (κ3) is 4.96. The standard InChI is InChI=1S/C22H39NOSi/c1-11-18-13-19(12-2)21(20(14-18)17(7)25(8,9)10)22(24)23(15(3)4)16(5)6/h13-17H,11-12H2,1-10H3/t17-/m1/s1. The zero-order valence-electron chi connectivity index (χ0n) is 18.2. The van der Waals surface area contributed by atoms with Crippen LogP contribution >= 0.6 is 0 Å². The molecule has 0 saturated carbocycles. The van der Waals surface area contributed by atoms with Gasteiger partial charge in [0.25, 0.3) is 5.91 Å². The molecule has 0 aromatic heterocycles. The Labute approximate surface area is 157 Å². The fraction of sp³-hybridized carbons (Fsp3) is 0.682. The van der Waals surface area contributed by atoms with E-state index in [4.69, 9.17) is 0 Å². The average molecular weight is 362 g/mol. The summed E-state index contributed by atoms with van der Waals surface area (Å²) in [6, 6.07) is 4.98. The lowest BCUT2D eigenvalue weighted by Crippen LogP contribution is -2.43. The molecule has 0 heterocycles. The third-order valence-electron chi connectivity index (χ3n) is 5.43. The molecule has 1 aromatic rings. The summed E-state index contributed by atoms with van der Waals surface area (Å²) in [4.78, 5) is 15.6. The molecule has 1 amide bonds. The molecule has 1 aromatic carbocycles. The van der Waals surface area contributed by atoms with Crippen molar-refractivity contribution in [2.45, 2.75) is 98.6 Å². The maximum Gasteiger partial charge on any atom is 0.254 e. The Morgan fingerprint density at radius 2 is 1.48 bits per heavy atom. The van der Waals surface area contributed by atoms with Crippen LogP contribution in [0.3, 0.4) is 0 Å². The van der Waals surface area contributed by atoms with Crippen LogP contribution < -0.4 is 0 Å². The minimum Gasteiger partial charge on any atom is -0.334 e. The van der Waals surface area contributed by atoms with Crippen molar-refractivity contribution in [3.05, 3.63) is 34.4 Å². The van der Waals surface area contributed by atoms with E-state index in [0.29, 0.717) is 5.54 Å². The van der Waals surface area contributed by atoms with E-state index in [1.54, 1.807) is 0 Å². The Hall–Kier alpha value is -1.09. The highest BCUT2D eigenvalue weighted by atomic mass is 28.3. The highest BCUT2D eigenvalue weighted by Gasteiger charge is 2.32. The van der Waals surface area contributed by atoms with Gasteiger partial charge in [-0.25, -0.2) is 0 Å². The molecule has 0 bridgehead atoms. The zero-order valence-corrected chi connectivity index (χ0v) is 19.2. The number of hydrogen-bond donors (Lipinski definition) is 0. The summed E-state index contributed by atoms with van der Waals surface area (Å²) < 4.78 is 0. The van der Waals surface area contributed by atoms with E-state index in [2.05, 4.69) is 80.2 Å². The van der Waals surface area contributed by atoms with E-state index < -0.39 is 8.07 Å². The van der Waals surface area contributed by atoms with Crippen LogP contribution in [0.4, 0.5) is 0 Å². The van der Waals surface area contributed by atoms with Crippen LogP contribution in [0.5, 0.6) is 0 Å². The predicted octanol–water partition coefficient (Wildman–Crippen LogP) is 6.05. The number of hydrogen-bond acceptors (Lipinski definition) is 1. The molecule has 0 aliphatic heterocycles. The van der Waals surface area contributed by atoms with Gasteiger partial charge in [0.15, 0.2) is 0 Å². The SMILES string of the molecule is CCc1cc(CC)c(C(=O)N(C(C)C)C(C)C)c([C@@H](C)[Si](C)(C)C)c1. The molecule has 0 N–H and O–H groups in total. The zero-order chi connectivity index (χ0) is 19.5. The van der Waals surface area contributed by atoms with Crippen LogP contribution in [0.1, 0.15) is 81.1 Å². The van der Waals surface area contributed by atoms with E-state index in [9.17, 15) is 4.79 Å². The molecule has 1 atom stereocenters. The molecule has 25 heavy (non-hydrogen) atoms. The van der Waals surface area contributed by atoms with Crippen molar-refractivity contribution < 1.29 is 4.79 Å². The number of amides is 1. The minimum absolute atomic E-state index is 0.207. The van der Waals surface area contributed by atoms with Crippen molar-refractivity contribution in [3.63, 3.8) is 0 Å². The highest BCUT2D eigenvalue weighted by molar-refractivity contribution is 6.77. The largest absolute Gasteiger partial charge is 0.334 e. The van der Waals surface area contributed by atoms with E-state index >= 15 is 0 Å². The quantitative estimate of drug-likeness (QED) is 0.541. The fourth-order valence-corrected chi connectivity index (χ4v) is 4.70. The normalized spacial score (nSPS) is 13.4. The van der Waals surface area contributed by atoms with Crippen molar-refractivity contribution >= 4 is 14.0 Å². The van der Waals surface area contributed by atoms with Gasteiger partial charge in [-0.2, -0.15) is 0 Å². The van der Waals surface area contributed by atoms with Gasteiger partial charge in [0.2, 0.25) is 0 Å². The Morgan fingerprint density at radius 3 is 1.84 bits per heavy atom. The van der Waals surface area contributed by atoms with Crippen LogP contribution in [0.2, 0.25) is 19.6 Å². The van der Waals surface area contributed by atoms with Crippen LogP contribution in [-0.2, 0) is 12.8 Å². The van der Waals surface area contributed by atoms with Gasteiger partial charge in [-0.15, -0.1) is 0 Å². The van der Waals surface area contributed by atoms with Gasteiger partial charge in [0.05, 0.1) is 8.07 Å². The fourth-order valence-electron chi connectivity index (χ4n) is 3.54. The molecule has 0 radical (unpaired) electrons. The first-order chi connectivity index (χ1) is 11.4. The topological polar surface area (TPSA) is 20.3 Å². The molecule has 1 rings (SSSR count). The van der Waals surface area contributed by atoms with E-state index in [1.165, 1.54) is 16.7 Å². The first kappa shape index (κ1) is 21.9. The van der Waals surface area contributed by atoms with Gasteiger partial charge >= 0.3 is 0 Å². The van der Waals surface area contributed by atoms with Crippen molar-refractivity contribution in [1.29, 1.82) is 0 Å². The predicted molar refractivity (Wildman–Crippen MR) is 113 cm³/mol. The van der Waals surface area contributed by atoms with Crippen molar-refractivity contribution in [2.24, 2.45) is 0 Å². The first-order valence-electron chi connectivity index (χ1n) is 9.93. The van der Waals surface area contributed by atoms with Crippen molar-refractivity contribution in [2.75, 3.05) is 0 Å². The summed E-state index contributed by atoms with van der Waals surface area (Å²) in [5.41, 5.74) is 5.30. The van der Waals surface area contributed by atoms with Crippen molar-refractivity contribution in [1.82, 2.24) is 4.90 Å². The Bertz CT molecular complexity index is 591. The molecule has 0 fully saturated rings. The second-order valence-corrected chi connectivity index (χ2v) is 14.5. The lowest BCUT2D eigenvalue weighted by Gasteiger charge is -2.35. The molecule has 0 aliphatic rings. The van der Waals surface area contributed by atoms with Crippen molar-refractivity contribution in [3.8, 4) is 0 Å². The van der Waals surface area contributed by atoms with Gasteiger partial charge < -0.3 is 4.90 Å². The van der Waals surface area contributed by atoms with E-state index in [-0.39, 0.29) is 18.0 Å². The lowest BCUT2D eigenvalue weighted by molar-refractivity contribution is 0.0641. The molecule has 0 unspecified atom stereocenters. The minimum atomic E-state index is -1.41. The molecule has 0 saturated heterocycles. The summed E-state index contributed by atoms with van der Waals surface area (Å²) in [5.74, 6) is 0.213. The summed E-state index contributed by atoms with van der Waals surface area (Å²) in [6.45, 7) is 22.4. The first-order valence-corrected chi connectivity index (χ1v) is 13.5. The van der Waals surface area contributed by atoms with Crippen LogP contribution in [0.15, 0.2) is 12.1 Å². The second-order valence-electron chi connectivity index (χ2n) is 8.91. The molecular weight excluding hydrogens is 322 g/mol. The van der Waals surface area contributed by atoms with E-state index in [0.717, 1.165) is 18.4 Å². The maximum atomic E-state index is 13.6. The number of carbonyl (C=O) groups is 1. The molecular formula is C22H39NOSi. The Kier molecular flexibility index (Phi) is 7.49. The molecule has 0 aliphatic carbocycles. The van der Waals surface area contributed by atoms with Gasteiger partial charge in [0.1, 0.15) is 0 Å². The number of carbonyl (C=O) groups excluding carboxylic acids is 1. The lowest BCUT2D eigenvalue weighted by atomic mass is 9.92. The average Bonchev–Trinajstić information content (AvgIpc) is 2.50. The smallest absolute Gasteiger partial charge is 0.254 e. The summed E-state index contributed by atoms with van der Waals surface area (Å²) in [6.07, 6.45) is 1.93. The van der Waals surface area contributed by atoms with Gasteiger partial charge in [-0.05, 0) is 62.8 Å². The molecule has 2 nitrogen and oxygen atoms in total. The summed E-state index contributed by atoms with van der Waals surface area (Å²) >= 11 is 0. The third-order valence-corrected chi connectivity index (χ3v) is 8.34. The van der Waals surface area contributed by atoms with Gasteiger partial charge in [-0.3, -0.25) is 4.79 Å². The number of rotatable bonds is 7. The highest BCUT2D eigenvalue weighted by Crippen LogP contribution is 2.33. The Balaban J connectivity index is 3.68. The van der Waals surface area contributed by atoms with Crippen LogP contribution in [0.25, 0.3) is 0 Å². The Morgan fingerprint density at radius 1 is 0.960 bits per heavy atom. The number of nitrogens with zero attached hydrogens (tertiary/aromatic N) is 1. The van der Waals surface area contributed by atoms with Gasteiger partial charge in [-0.1, -0.05) is 52.5 Å². The summed E-state index contributed by atoms with van der Waals surface area (Å²) in [5, 5.41) is 0. The molecule has 142 valence electrons. The van der Waals surface area contributed by atoms with Crippen LogP contribution in [-0.4, -0.2) is 31.0 Å². The van der Waals surface area contributed by atoms with Crippen LogP contribution in [0, 0.1) is 0 Å². The number of aryl methyl sites for hydroxylation is 2. The maximum absolute atomic E-state index is 13.6. The van der Waals surface area contributed by atoms with Gasteiger partial charge in [0, 0.05) is 17.6 Å². The molecule has 3 heteroatoms. The number of benzene rings is 1. The second kappa shape index (κ2) is 8.53. The van der Waals surface area contributed by atoms with E-state index in [1.807, 2.05) is 4.90 Å². The monoisotopic (exact) mass is 361 g/mol. The molecule has 0 spiro atoms. The summed E-state index contributed by atoms with van der Waals surface area (Å²) in [7, 11) is -1.41.